The Labute approximate surface area is 155 Å². The summed E-state index contributed by atoms with van der Waals surface area (Å²) >= 11 is 5.56. The van der Waals surface area contributed by atoms with Crippen LogP contribution in [-0.2, 0) is 5.92 Å². The molecule has 0 spiro atoms. The summed E-state index contributed by atoms with van der Waals surface area (Å²) in [7, 11) is 0. The van der Waals surface area contributed by atoms with Gasteiger partial charge in [-0.3, -0.25) is 0 Å². The molecule has 0 saturated heterocycles. The summed E-state index contributed by atoms with van der Waals surface area (Å²) in [6.07, 6.45) is -0.558. The number of ether oxygens (including phenoxy) is 2. The number of benzene rings is 2. The van der Waals surface area contributed by atoms with E-state index >= 15 is 0 Å². The first-order valence-electron chi connectivity index (χ1n) is 8.12. The molecule has 0 heterocycles. The molecule has 1 unspecified atom stereocenters. The van der Waals surface area contributed by atoms with E-state index in [0.29, 0.717) is 24.7 Å². The Balaban J connectivity index is 2.04. The molecule has 142 valence electrons. The molecule has 3 nitrogen and oxygen atoms in total. The SMILES string of the molecule is OC(CF)COc1ccc(C(F)(F)c2ccc(OCCCCl)cc2)cc1. The molecule has 0 fully saturated rings. The van der Waals surface area contributed by atoms with Gasteiger partial charge in [0.15, 0.2) is 0 Å². The molecule has 0 amide bonds. The maximum absolute atomic E-state index is 14.6. The summed E-state index contributed by atoms with van der Waals surface area (Å²) in [5.74, 6) is -1.93. The molecule has 0 aromatic heterocycles. The van der Waals surface area contributed by atoms with Crippen LogP contribution in [0.15, 0.2) is 48.5 Å². The van der Waals surface area contributed by atoms with E-state index in [1.165, 1.54) is 48.5 Å². The third-order valence-electron chi connectivity index (χ3n) is 3.60. The first kappa shape index (κ1) is 20.4. The zero-order valence-corrected chi connectivity index (χ0v) is 14.8. The minimum atomic E-state index is -3.19. The van der Waals surface area contributed by atoms with Gasteiger partial charge in [0.25, 0.3) is 5.92 Å². The van der Waals surface area contributed by atoms with E-state index in [1.807, 2.05) is 0 Å². The Morgan fingerprint density at radius 2 is 1.42 bits per heavy atom. The predicted octanol–water partition coefficient (Wildman–Crippen LogP) is 4.54. The van der Waals surface area contributed by atoms with Crippen molar-refractivity contribution < 1.29 is 27.8 Å². The largest absolute Gasteiger partial charge is 0.494 e. The van der Waals surface area contributed by atoms with Gasteiger partial charge in [-0.2, -0.15) is 8.78 Å². The Kier molecular flexibility index (Phi) is 7.60. The normalized spacial score (nSPS) is 12.7. The van der Waals surface area contributed by atoms with E-state index in [-0.39, 0.29) is 23.5 Å². The molecule has 1 N–H and O–H groups in total. The van der Waals surface area contributed by atoms with E-state index in [2.05, 4.69) is 0 Å². The number of hydrogen-bond donors (Lipinski definition) is 1. The maximum Gasteiger partial charge on any atom is 0.298 e. The summed E-state index contributed by atoms with van der Waals surface area (Å²) < 4.78 is 52.0. The second-order valence-electron chi connectivity index (χ2n) is 5.63. The molecule has 1 atom stereocenters. The Bertz CT molecular complexity index is 663. The number of hydrogen-bond acceptors (Lipinski definition) is 3. The second-order valence-corrected chi connectivity index (χ2v) is 6.01. The average Bonchev–Trinajstić information content (AvgIpc) is 2.67. The van der Waals surface area contributed by atoms with Crippen LogP contribution in [0.25, 0.3) is 0 Å². The molecule has 7 heteroatoms. The van der Waals surface area contributed by atoms with Gasteiger partial charge in [0, 0.05) is 17.0 Å². The van der Waals surface area contributed by atoms with Crippen LogP contribution >= 0.6 is 11.6 Å². The average molecular weight is 389 g/mol. The van der Waals surface area contributed by atoms with Crippen LogP contribution in [0.4, 0.5) is 13.2 Å². The standard InChI is InChI=1S/C19H20ClF3O3/c20-10-1-11-25-17-6-2-14(3-7-17)19(22,23)15-4-8-18(9-5-15)26-13-16(24)12-21/h2-9,16,24H,1,10-13H2. The summed E-state index contributed by atoms with van der Waals surface area (Å²) in [4.78, 5) is 0. The van der Waals surface area contributed by atoms with E-state index in [0.717, 1.165) is 0 Å². The maximum atomic E-state index is 14.6. The minimum absolute atomic E-state index is 0.163. The van der Waals surface area contributed by atoms with E-state index in [9.17, 15) is 13.2 Å². The fourth-order valence-electron chi connectivity index (χ4n) is 2.17. The third-order valence-corrected chi connectivity index (χ3v) is 3.87. The Morgan fingerprint density at radius 1 is 0.923 bits per heavy atom. The van der Waals surface area contributed by atoms with Gasteiger partial charge < -0.3 is 14.6 Å². The number of alkyl halides is 4. The van der Waals surface area contributed by atoms with Crippen LogP contribution in [0.3, 0.4) is 0 Å². The highest BCUT2D eigenvalue weighted by molar-refractivity contribution is 6.17. The quantitative estimate of drug-likeness (QED) is 0.479. The fourth-order valence-corrected chi connectivity index (χ4v) is 2.28. The molecule has 2 aromatic rings. The summed E-state index contributed by atoms with van der Waals surface area (Å²) in [6.45, 7) is -0.739. The smallest absolute Gasteiger partial charge is 0.298 e. The van der Waals surface area contributed by atoms with Gasteiger partial charge in [-0.1, -0.05) is 0 Å². The highest BCUT2D eigenvalue weighted by atomic mass is 35.5. The van der Waals surface area contributed by atoms with Crippen molar-refractivity contribution in [2.75, 3.05) is 25.8 Å². The van der Waals surface area contributed by atoms with Crippen LogP contribution in [-0.4, -0.2) is 37.0 Å². The Hall–Kier alpha value is -1.92. The van der Waals surface area contributed by atoms with Gasteiger partial charge in [0.1, 0.15) is 30.9 Å². The molecule has 0 saturated carbocycles. The number of aliphatic hydroxyl groups excluding tert-OH is 1. The van der Waals surface area contributed by atoms with Crippen molar-refractivity contribution in [2.24, 2.45) is 0 Å². The molecule has 0 aliphatic rings. The Morgan fingerprint density at radius 3 is 1.88 bits per heavy atom. The monoisotopic (exact) mass is 388 g/mol. The van der Waals surface area contributed by atoms with Gasteiger partial charge in [0.05, 0.1) is 6.61 Å². The van der Waals surface area contributed by atoms with Crippen molar-refractivity contribution in [1.82, 2.24) is 0 Å². The van der Waals surface area contributed by atoms with Crippen LogP contribution in [0.2, 0.25) is 0 Å². The fraction of sp³-hybridized carbons (Fsp3) is 0.368. The van der Waals surface area contributed by atoms with Crippen molar-refractivity contribution in [1.29, 1.82) is 0 Å². The summed E-state index contributed by atoms with van der Waals surface area (Å²) in [6, 6.07) is 10.8. The van der Waals surface area contributed by atoms with Crippen LogP contribution in [0.5, 0.6) is 11.5 Å². The lowest BCUT2D eigenvalue weighted by Crippen LogP contribution is -2.19. The molecular formula is C19H20ClF3O3. The van der Waals surface area contributed by atoms with Gasteiger partial charge in [-0.05, 0) is 55.0 Å². The lowest BCUT2D eigenvalue weighted by atomic mass is 10.0. The van der Waals surface area contributed by atoms with Crippen molar-refractivity contribution in [3.05, 3.63) is 59.7 Å². The first-order valence-corrected chi connectivity index (χ1v) is 8.65. The van der Waals surface area contributed by atoms with Crippen LogP contribution in [0.1, 0.15) is 17.5 Å². The molecule has 26 heavy (non-hydrogen) atoms. The third kappa shape index (κ3) is 5.54. The molecule has 0 aliphatic heterocycles. The van der Waals surface area contributed by atoms with Crippen LogP contribution in [0, 0.1) is 0 Å². The number of rotatable bonds is 10. The summed E-state index contributed by atoms with van der Waals surface area (Å²) in [5.41, 5.74) is -0.365. The predicted molar refractivity (Wildman–Crippen MR) is 94.2 cm³/mol. The van der Waals surface area contributed by atoms with E-state index < -0.39 is 18.7 Å². The van der Waals surface area contributed by atoms with Gasteiger partial charge in [-0.25, -0.2) is 4.39 Å². The van der Waals surface area contributed by atoms with Gasteiger partial charge >= 0.3 is 0 Å². The molecule has 0 radical (unpaired) electrons. The minimum Gasteiger partial charge on any atom is -0.494 e. The molecule has 2 aromatic carbocycles. The van der Waals surface area contributed by atoms with Gasteiger partial charge in [0.2, 0.25) is 0 Å². The molecular weight excluding hydrogens is 369 g/mol. The van der Waals surface area contributed by atoms with E-state index in [1.54, 1.807) is 0 Å². The van der Waals surface area contributed by atoms with Gasteiger partial charge in [-0.15, -0.1) is 11.6 Å². The number of halogens is 4. The van der Waals surface area contributed by atoms with Crippen molar-refractivity contribution >= 4 is 11.6 Å². The highest BCUT2D eigenvalue weighted by Gasteiger charge is 2.33. The van der Waals surface area contributed by atoms with Crippen molar-refractivity contribution in [2.45, 2.75) is 18.4 Å². The molecule has 0 bridgehead atoms. The zero-order chi connectivity index (χ0) is 19.0. The lowest BCUT2D eigenvalue weighted by molar-refractivity contribution is 0.0426. The summed E-state index contributed by atoms with van der Waals surface area (Å²) in [5, 5.41) is 9.11. The molecule has 0 aliphatic carbocycles. The number of aliphatic hydroxyl groups is 1. The van der Waals surface area contributed by atoms with Crippen molar-refractivity contribution in [3.8, 4) is 11.5 Å². The zero-order valence-electron chi connectivity index (χ0n) is 14.0. The van der Waals surface area contributed by atoms with Crippen LogP contribution < -0.4 is 9.47 Å². The second kappa shape index (κ2) is 9.69. The molecule has 2 rings (SSSR count). The highest BCUT2D eigenvalue weighted by Crippen LogP contribution is 2.37. The van der Waals surface area contributed by atoms with E-state index in [4.69, 9.17) is 26.2 Å². The topological polar surface area (TPSA) is 38.7 Å². The first-order chi connectivity index (χ1) is 12.5. The van der Waals surface area contributed by atoms with Crippen molar-refractivity contribution in [3.63, 3.8) is 0 Å². The lowest BCUT2D eigenvalue weighted by Gasteiger charge is -2.18.